The van der Waals surface area contributed by atoms with Crippen molar-refractivity contribution < 1.29 is 14.6 Å². The van der Waals surface area contributed by atoms with Gasteiger partial charge in [-0.15, -0.1) is 0 Å². The van der Waals surface area contributed by atoms with E-state index < -0.39 is 6.10 Å². The highest BCUT2D eigenvalue weighted by atomic mass is 16.5. The van der Waals surface area contributed by atoms with Gasteiger partial charge in [0.25, 0.3) is 0 Å². The van der Waals surface area contributed by atoms with Gasteiger partial charge in [-0.1, -0.05) is 0 Å². The first kappa shape index (κ1) is 15.1. The Kier molecular flexibility index (Phi) is 4.94. The van der Waals surface area contributed by atoms with E-state index in [4.69, 9.17) is 4.74 Å². The van der Waals surface area contributed by atoms with Crippen molar-refractivity contribution in [2.24, 2.45) is 0 Å². The normalized spacial score (nSPS) is 12.0. The van der Waals surface area contributed by atoms with E-state index in [0.29, 0.717) is 18.0 Å². The minimum Gasteiger partial charge on any atom is -0.491 e. The van der Waals surface area contributed by atoms with Crippen LogP contribution in [0, 0.1) is 6.92 Å². The van der Waals surface area contributed by atoms with Gasteiger partial charge in [-0.25, -0.2) is 4.98 Å². The summed E-state index contributed by atoms with van der Waals surface area (Å²) < 4.78 is 7.39. The van der Waals surface area contributed by atoms with Crippen LogP contribution in [0.15, 0.2) is 36.7 Å². The molecule has 0 unspecified atom stereocenters. The molecule has 1 amide bonds. The van der Waals surface area contributed by atoms with Crippen molar-refractivity contribution in [2.45, 2.75) is 26.5 Å². The summed E-state index contributed by atoms with van der Waals surface area (Å²) in [7, 11) is 0. The lowest BCUT2D eigenvalue weighted by Crippen LogP contribution is -2.23. The van der Waals surface area contributed by atoms with E-state index in [9.17, 15) is 9.90 Å². The lowest BCUT2D eigenvalue weighted by Gasteiger charge is -2.14. The van der Waals surface area contributed by atoms with E-state index in [1.807, 2.05) is 17.7 Å². The van der Waals surface area contributed by atoms with Crippen molar-refractivity contribution >= 4 is 11.6 Å². The van der Waals surface area contributed by atoms with Crippen LogP contribution in [0.3, 0.4) is 0 Å². The van der Waals surface area contributed by atoms with Crippen LogP contribution in [-0.4, -0.2) is 33.3 Å². The predicted octanol–water partition coefficient (Wildman–Crippen LogP) is 1.59. The molecule has 0 fully saturated rings. The molecule has 21 heavy (non-hydrogen) atoms. The zero-order valence-corrected chi connectivity index (χ0v) is 12.1. The number of nitrogens with one attached hydrogen (secondary N) is 1. The molecule has 0 bridgehead atoms. The molecule has 112 valence electrons. The van der Waals surface area contributed by atoms with Crippen molar-refractivity contribution in [3.05, 3.63) is 42.5 Å². The molecule has 2 rings (SSSR count). The summed E-state index contributed by atoms with van der Waals surface area (Å²) in [4.78, 5) is 15.0. The fourth-order valence-electron chi connectivity index (χ4n) is 1.91. The van der Waals surface area contributed by atoms with Gasteiger partial charge in [-0.2, -0.15) is 0 Å². The fourth-order valence-corrected chi connectivity index (χ4v) is 1.91. The number of amides is 1. The summed E-state index contributed by atoms with van der Waals surface area (Å²) in [6.07, 6.45) is 2.90. The standard InChI is InChI=1S/C15H19N3O3/c1-11-16-7-8-18(11)9-14(20)10-21-15-5-3-13(4-6-15)17-12(2)19/h3-8,14,20H,9-10H2,1-2H3,(H,17,19)/t14-/m0/s1. The molecule has 0 saturated carbocycles. The molecular weight excluding hydrogens is 270 g/mol. The van der Waals surface area contributed by atoms with Gasteiger partial charge in [0.15, 0.2) is 0 Å². The Bertz CT molecular complexity index is 592. The maximum atomic E-state index is 10.9. The van der Waals surface area contributed by atoms with Gasteiger partial charge in [0.05, 0.1) is 6.54 Å². The largest absolute Gasteiger partial charge is 0.491 e. The maximum Gasteiger partial charge on any atom is 0.221 e. The van der Waals surface area contributed by atoms with Gasteiger partial charge < -0.3 is 19.7 Å². The average Bonchev–Trinajstić information content (AvgIpc) is 2.83. The number of carbonyl (C=O) groups excluding carboxylic acids is 1. The Balaban J connectivity index is 1.82. The number of aliphatic hydroxyl groups excluding tert-OH is 1. The van der Waals surface area contributed by atoms with Crippen LogP contribution in [0.4, 0.5) is 5.69 Å². The Morgan fingerprint density at radius 3 is 2.71 bits per heavy atom. The van der Waals surface area contributed by atoms with Gasteiger partial charge in [0.1, 0.15) is 24.3 Å². The fraction of sp³-hybridized carbons (Fsp3) is 0.333. The third kappa shape index (κ3) is 4.61. The first-order valence-electron chi connectivity index (χ1n) is 6.71. The van der Waals surface area contributed by atoms with Crippen molar-refractivity contribution in [2.75, 3.05) is 11.9 Å². The molecule has 6 heteroatoms. The summed E-state index contributed by atoms with van der Waals surface area (Å²) in [5.74, 6) is 1.38. The summed E-state index contributed by atoms with van der Waals surface area (Å²) >= 11 is 0. The second-order valence-corrected chi connectivity index (χ2v) is 4.80. The second kappa shape index (κ2) is 6.90. The van der Waals surface area contributed by atoms with E-state index in [1.165, 1.54) is 6.92 Å². The average molecular weight is 289 g/mol. The van der Waals surface area contributed by atoms with Crippen LogP contribution < -0.4 is 10.1 Å². The number of aliphatic hydroxyl groups is 1. The third-order valence-corrected chi connectivity index (χ3v) is 2.95. The summed E-state index contributed by atoms with van der Waals surface area (Å²) in [5, 5.41) is 12.6. The van der Waals surface area contributed by atoms with Crippen LogP contribution in [0.25, 0.3) is 0 Å². The Morgan fingerprint density at radius 2 is 2.14 bits per heavy atom. The lowest BCUT2D eigenvalue weighted by molar-refractivity contribution is -0.114. The molecule has 6 nitrogen and oxygen atoms in total. The van der Waals surface area contributed by atoms with E-state index in [2.05, 4.69) is 10.3 Å². The van der Waals surface area contributed by atoms with Gasteiger partial charge in [-0.3, -0.25) is 4.79 Å². The number of rotatable bonds is 6. The number of benzene rings is 1. The van der Waals surface area contributed by atoms with Crippen molar-refractivity contribution in [3.8, 4) is 5.75 Å². The molecular formula is C15H19N3O3. The first-order chi connectivity index (χ1) is 10.0. The van der Waals surface area contributed by atoms with Crippen LogP contribution in [0.2, 0.25) is 0 Å². The number of hydrogen-bond acceptors (Lipinski definition) is 4. The second-order valence-electron chi connectivity index (χ2n) is 4.80. The number of hydrogen-bond donors (Lipinski definition) is 2. The minimum atomic E-state index is -0.618. The van der Waals surface area contributed by atoms with Crippen LogP contribution >= 0.6 is 0 Å². The summed E-state index contributed by atoms with van der Waals surface area (Å²) in [6.45, 7) is 3.97. The van der Waals surface area contributed by atoms with Gasteiger partial charge in [-0.05, 0) is 31.2 Å². The predicted molar refractivity (Wildman–Crippen MR) is 79.2 cm³/mol. The van der Waals surface area contributed by atoms with Crippen molar-refractivity contribution in [3.63, 3.8) is 0 Å². The molecule has 1 aromatic heterocycles. The molecule has 0 aliphatic rings. The highest BCUT2D eigenvalue weighted by Gasteiger charge is 2.08. The first-order valence-corrected chi connectivity index (χ1v) is 6.71. The Morgan fingerprint density at radius 1 is 1.43 bits per heavy atom. The monoisotopic (exact) mass is 289 g/mol. The summed E-state index contributed by atoms with van der Waals surface area (Å²) in [6, 6.07) is 7.01. The molecule has 1 atom stereocenters. The highest BCUT2D eigenvalue weighted by molar-refractivity contribution is 5.88. The number of ether oxygens (including phenoxy) is 1. The summed E-state index contributed by atoms with van der Waals surface area (Å²) in [5.41, 5.74) is 0.712. The van der Waals surface area contributed by atoms with E-state index in [0.717, 1.165) is 5.82 Å². The SMILES string of the molecule is CC(=O)Nc1ccc(OC[C@@H](O)Cn2ccnc2C)cc1. The minimum absolute atomic E-state index is 0.116. The van der Waals surface area contributed by atoms with E-state index in [-0.39, 0.29) is 12.5 Å². The van der Waals surface area contributed by atoms with Crippen molar-refractivity contribution in [1.29, 1.82) is 0 Å². The molecule has 0 spiro atoms. The topological polar surface area (TPSA) is 76.4 Å². The van der Waals surface area contributed by atoms with E-state index in [1.54, 1.807) is 30.5 Å². The van der Waals surface area contributed by atoms with Gasteiger partial charge in [0, 0.05) is 25.0 Å². The van der Waals surface area contributed by atoms with Crippen LogP contribution in [0.5, 0.6) is 5.75 Å². The van der Waals surface area contributed by atoms with E-state index >= 15 is 0 Å². The Labute approximate surface area is 123 Å². The van der Waals surface area contributed by atoms with Crippen LogP contribution in [-0.2, 0) is 11.3 Å². The number of anilines is 1. The van der Waals surface area contributed by atoms with Gasteiger partial charge in [0.2, 0.25) is 5.91 Å². The van der Waals surface area contributed by atoms with Gasteiger partial charge >= 0.3 is 0 Å². The van der Waals surface area contributed by atoms with Crippen LogP contribution in [0.1, 0.15) is 12.7 Å². The number of aryl methyl sites for hydroxylation is 1. The highest BCUT2D eigenvalue weighted by Crippen LogP contribution is 2.16. The molecule has 0 saturated heterocycles. The third-order valence-electron chi connectivity index (χ3n) is 2.95. The molecule has 1 aromatic carbocycles. The molecule has 1 heterocycles. The number of imidazole rings is 1. The zero-order chi connectivity index (χ0) is 15.2. The number of carbonyl (C=O) groups is 1. The Hall–Kier alpha value is -2.34. The number of aromatic nitrogens is 2. The number of nitrogens with zero attached hydrogens (tertiary/aromatic N) is 2. The molecule has 0 radical (unpaired) electrons. The van der Waals surface area contributed by atoms with Crippen molar-refractivity contribution in [1.82, 2.24) is 9.55 Å². The molecule has 0 aliphatic carbocycles. The smallest absolute Gasteiger partial charge is 0.221 e. The maximum absolute atomic E-state index is 10.9. The molecule has 2 aromatic rings. The lowest BCUT2D eigenvalue weighted by atomic mass is 10.3. The molecule has 0 aliphatic heterocycles. The quantitative estimate of drug-likeness (QED) is 0.846. The molecule has 2 N–H and O–H groups in total. The zero-order valence-electron chi connectivity index (χ0n) is 12.1.